The summed E-state index contributed by atoms with van der Waals surface area (Å²) in [5, 5.41) is 11.6. The lowest BCUT2D eigenvalue weighted by Gasteiger charge is -2.04. The fourth-order valence-corrected chi connectivity index (χ4v) is 1.21. The van der Waals surface area contributed by atoms with Crippen LogP contribution in [0.3, 0.4) is 0 Å². The minimum absolute atomic E-state index is 0.192. The minimum Gasteiger partial charge on any atom is -0.393 e. The quantitative estimate of drug-likeness (QED) is 0.582. The molecule has 3 nitrogen and oxygen atoms in total. The number of aliphatic hydroxyl groups is 1. The van der Waals surface area contributed by atoms with Crippen LogP contribution < -0.4 is 5.32 Å². The van der Waals surface area contributed by atoms with E-state index in [2.05, 4.69) is 5.32 Å². The third kappa shape index (κ3) is 3.98. The number of rotatable bonds is 2. The summed E-state index contributed by atoms with van der Waals surface area (Å²) in [4.78, 5) is 9.87. The molecule has 0 bridgehead atoms. The van der Waals surface area contributed by atoms with Crippen molar-refractivity contribution in [3.63, 3.8) is 0 Å². The lowest BCUT2D eigenvalue weighted by Crippen LogP contribution is -2.24. The Balaban J connectivity index is 0.000000461. The number of hydrogen-bond acceptors (Lipinski definition) is 2. The predicted molar refractivity (Wildman–Crippen MR) is 44.2 cm³/mol. The van der Waals surface area contributed by atoms with Crippen LogP contribution in [0.4, 0.5) is 0 Å². The second-order valence-corrected chi connectivity index (χ2v) is 2.45. The highest BCUT2D eigenvalue weighted by Gasteiger charge is 2.21. The first-order valence-corrected chi connectivity index (χ1v) is 4.20. The summed E-state index contributed by atoms with van der Waals surface area (Å²) in [5.41, 5.74) is 0. The summed E-state index contributed by atoms with van der Waals surface area (Å²) in [7, 11) is 0. The molecular weight excluding hydrogens is 142 g/mol. The van der Waals surface area contributed by atoms with E-state index in [-0.39, 0.29) is 12.1 Å². The van der Waals surface area contributed by atoms with Gasteiger partial charge < -0.3 is 10.4 Å². The average Bonchev–Trinajstić information content (AvgIpc) is 2.41. The normalized spacial score (nSPS) is 28.6. The molecule has 2 atom stereocenters. The van der Waals surface area contributed by atoms with Gasteiger partial charge in [0.25, 0.3) is 0 Å². The van der Waals surface area contributed by atoms with Crippen molar-refractivity contribution in [1.82, 2.24) is 5.32 Å². The number of aliphatic hydroxyl groups excluding tert-OH is 1. The number of hydrogen-bond donors (Lipinski definition) is 2. The molecule has 0 aromatic carbocycles. The van der Waals surface area contributed by atoms with Gasteiger partial charge in [-0.15, -0.1) is 0 Å². The van der Waals surface area contributed by atoms with E-state index >= 15 is 0 Å². The molecule has 1 amide bonds. The Kier molecular flexibility index (Phi) is 5.84. The van der Waals surface area contributed by atoms with E-state index in [1.807, 2.05) is 13.8 Å². The number of nitrogens with one attached hydrogen (secondary N) is 1. The smallest absolute Gasteiger partial charge is 0.207 e. The fourth-order valence-electron chi connectivity index (χ4n) is 1.21. The highest BCUT2D eigenvalue weighted by atomic mass is 16.3. The van der Waals surface area contributed by atoms with Gasteiger partial charge in [-0.2, -0.15) is 0 Å². The SMILES string of the molecule is CC.O=CN[C@H]1CCC(O)C1. The molecule has 0 radical (unpaired) electrons. The van der Waals surface area contributed by atoms with Gasteiger partial charge in [0.05, 0.1) is 6.10 Å². The highest BCUT2D eigenvalue weighted by molar-refractivity contribution is 5.46. The van der Waals surface area contributed by atoms with Crippen molar-refractivity contribution in [2.75, 3.05) is 0 Å². The molecule has 1 aliphatic carbocycles. The molecule has 1 unspecified atom stereocenters. The van der Waals surface area contributed by atoms with Crippen LogP contribution >= 0.6 is 0 Å². The summed E-state index contributed by atoms with van der Waals surface area (Å²) < 4.78 is 0. The third-order valence-corrected chi connectivity index (χ3v) is 1.71. The van der Waals surface area contributed by atoms with Gasteiger partial charge in [0.15, 0.2) is 0 Å². The van der Waals surface area contributed by atoms with Gasteiger partial charge in [0.2, 0.25) is 6.41 Å². The van der Waals surface area contributed by atoms with E-state index in [9.17, 15) is 4.79 Å². The average molecular weight is 159 g/mol. The monoisotopic (exact) mass is 159 g/mol. The van der Waals surface area contributed by atoms with Crippen molar-refractivity contribution in [2.45, 2.75) is 45.3 Å². The van der Waals surface area contributed by atoms with Crippen LogP contribution in [0.15, 0.2) is 0 Å². The van der Waals surface area contributed by atoms with Gasteiger partial charge in [-0.05, 0) is 19.3 Å². The number of amides is 1. The molecule has 0 heterocycles. The van der Waals surface area contributed by atoms with E-state index in [0.717, 1.165) is 19.3 Å². The number of carbonyl (C=O) groups is 1. The second-order valence-electron chi connectivity index (χ2n) is 2.45. The van der Waals surface area contributed by atoms with E-state index in [0.29, 0.717) is 6.41 Å². The summed E-state index contributed by atoms with van der Waals surface area (Å²) in [6, 6.07) is 0.220. The van der Waals surface area contributed by atoms with Crippen molar-refractivity contribution >= 4 is 6.41 Å². The van der Waals surface area contributed by atoms with Crippen LogP contribution in [0.1, 0.15) is 33.1 Å². The summed E-state index contributed by atoms with van der Waals surface area (Å²) in [5.74, 6) is 0. The summed E-state index contributed by atoms with van der Waals surface area (Å²) in [6.07, 6.45) is 2.97. The zero-order valence-corrected chi connectivity index (χ0v) is 7.21. The van der Waals surface area contributed by atoms with Crippen molar-refractivity contribution in [2.24, 2.45) is 0 Å². The lowest BCUT2D eigenvalue weighted by atomic mass is 10.2. The zero-order chi connectivity index (χ0) is 8.69. The highest BCUT2D eigenvalue weighted by Crippen LogP contribution is 2.17. The molecule has 1 rings (SSSR count). The first-order chi connectivity index (χ1) is 5.33. The predicted octanol–water partition coefficient (Wildman–Crippen LogP) is 0.672. The maximum absolute atomic E-state index is 9.87. The Morgan fingerprint density at radius 1 is 1.45 bits per heavy atom. The third-order valence-electron chi connectivity index (χ3n) is 1.71. The molecule has 2 N–H and O–H groups in total. The van der Waals surface area contributed by atoms with Crippen LogP contribution in [0.2, 0.25) is 0 Å². The molecule has 1 fully saturated rings. The Hall–Kier alpha value is -0.570. The van der Waals surface area contributed by atoms with Crippen LogP contribution in [0, 0.1) is 0 Å². The Morgan fingerprint density at radius 2 is 2.09 bits per heavy atom. The maximum atomic E-state index is 9.87. The Morgan fingerprint density at radius 3 is 2.45 bits per heavy atom. The largest absolute Gasteiger partial charge is 0.393 e. The van der Waals surface area contributed by atoms with Crippen LogP contribution in [-0.4, -0.2) is 23.7 Å². The van der Waals surface area contributed by atoms with E-state index in [1.165, 1.54) is 0 Å². The topological polar surface area (TPSA) is 49.3 Å². The Bertz CT molecular complexity index is 106. The molecule has 3 heteroatoms. The van der Waals surface area contributed by atoms with Gasteiger partial charge in [-0.1, -0.05) is 13.8 Å². The number of carbonyl (C=O) groups excluding carboxylic acids is 1. The standard InChI is InChI=1S/C6H11NO2.C2H6/c8-4-7-5-1-2-6(9)3-5;1-2/h4-6,9H,1-3H2,(H,7,8);1-2H3/t5-,6?;/m0./s1. The van der Waals surface area contributed by atoms with Crippen molar-refractivity contribution in [3.05, 3.63) is 0 Å². The van der Waals surface area contributed by atoms with Gasteiger partial charge in [-0.25, -0.2) is 0 Å². The van der Waals surface area contributed by atoms with Gasteiger partial charge in [0, 0.05) is 6.04 Å². The van der Waals surface area contributed by atoms with E-state index in [1.54, 1.807) is 0 Å². The molecule has 1 aliphatic rings. The van der Waals surface area contributed by atoms with Crippen LogP contribution in [0.5, 0.6) is 0 Å². The minimum atomic E-state index is -0.192. The summed E-state index contributed by atoms with van der Waals surface area (Å²) >= 11 is 0. The molecule has 0 aliphatic heterocycles. The fraction of sp³-hybridized carbons (Fsp3) is 0.875. The molecule has 1 saturated carbocycles. The van der Waals surface area contributed by atoms with Crippen molar-refractivity contribution in [3.8, 4) is 0 Å². The maximum Gasteiger partial charge on any atom is 0.207 e. The van der Waals surface area contributed by atoms with Crippen LogP contribution in [0.25, 0.3) is 0 Å². The first-order valence-electron chi connectivity index (χ1n) is 4.20. The molecule has 0 spiro atoms. The lowest BCUT2D eigenvalue weighted by molar-refractivity contribution is -0.110. The zero-order valence-electron chi connectivity index (χ0n) is 7.21. The molecule has 0 aromatic heterocycles. The van der Waals surface area contributed by atoms with Gasteiger partial charge in [-0.3, -0.25) is 4.79 Å². The second kappa shape index (κ2) is 6.16. The van der Waals surface area contributed by atoms with Gasteiger partial charge in [0.1, 0.15) is 0 Å². The van der Waals surface area contributed by atoms with E-state index in [4.69, 9.17) is 5.11 Å². The molecule has 11 heavy (non-hydrogen) atoms. The first kappa shape index (κ1) is 10.4. The van der Waals surface area contributed by atoms with E-state index < -0.39 is 0 Å². The molecule has 0 aromatic rings. The van der Waals surface area contributed by atoms with Crippen molar-refractivity contribution in [1.29, 1.82) is 0 Å². The molecule has 0 saturated heterocycles. The Labute approximate surface area is 67.8 Å². The van der Waals surface area contributed by atoms with Crippen molar-refractivity contribution < 1.29 is 9.90 Å². The molecule has 66 valence electrons. The van der Waals surface area contributed by atoms with Crippen LogP contribution in [-0.2, 0) is 4.79 Å². The summed E-state index contributed by atoms with van der Waals surface area (Å²) in [6.45, 7) is 4.00. The van der Waals surface area contributed by atoms with Gasteiger partial charge >= 0.3 is 0 Å². The molecular formula is C8H17NO2.